The van der Waals surface area contributed by atoms with E-state index in [1.54, 1.807) is 57.2 Å². The van der Waals surface area contributed by atoms with Crippen molar-refractivity contribution in [3.63, 3.8) is 0 Å². The van der Waals surface area contributed by atoms with Crippen LogP contribution >= 0.6 is 0 Å². The summed E-state index contributed by atoms with van der Waals surface area (Å²) in [4.78, 5) is 58.7. The number of carbonyl (C=O) groups is 4. The molecule has 13 heteroatoms. The van der Waals surface area contributed by atoms with Crippen LogP contribution in [0.5, 0.6) is 0 Å². The van der Waals surface area contributed by atoms with Crippen LogP contribution in [0.3, 0.4) is 0 Å². The first-order valence-electron chi connectivity index (χ1n) is 14.8. The van der Waals surface area contributed by atoms with Gasteiger partial charge in [-0.2, -0.15) is 13.2 Å². The lowest BCUT2D eigenvalue weighted by molar-refractivity contribution is -0.173. The van der Waals surface area contributed by atoms with Crippen LogP contribution in [0, 0.1) is 0 Å². The molecule has 0 radical (unpaired) electrons. The fourth-order valence-electron chi connectivity index (χ4n) is 4.54. The Hall–Kier alpha value is -4.42. The summed E-state index contributed by atoms with van der Waals surface area (Å²) in [6.07, 6.45) is 9.19. The summed E-state index contributed by atoms with van der Waals surface area (Å²) in [5, 5.41) is 7.05. The van der Waals surface area contributed by atoms with E-state index in [9.17, 15) is 32.3 Å². The Bertz CT molecular complexity index is 1360. The summed E-state index contributed by atoms with van der Waals surface area (Å²) < 4.78 is 40.0. The van der Waals surface area contributed by atoms with Gasteiger partial charge in [0.2, 0.25) is 17.7 Å². The molecule has 3 rings (SSSR count). The number of carbonyl (C=O) groups excluding carboxylic acids is 4. The monoisotopic (exact) mass is 632 g/mol. The van der Waals surface area contributed by atoms with E-state index < -0.39 is 42.4 Å². The van der Waals surface area contributed by atoms with E-state index in [1.807, 2.05) is 13.0 Å². The lowest BCUT2D eigenvalue weighted by atomic mass is 9.98. The third-order valence-electron chi connectivity index (χ3n) is 7.22. The first-order chi connectivity index (χ1) is 21.3. The number of aromatic nitrogens is 1. The number of H-pyrrole nitrogens is 1. The van der Waals surface area contributed by atoms with Crippen molar-refractivity contribution in [2.45, 2.75) is 71.6 Å². The van der Waals surface area contributed by atoms with Gasteiger partial charge in [-0.25, -0.2) is 0 Å². The van der Waals surface area contributed by atoms with Gasteiger partial charge in [0.1, 0.15) is 12.1 Å². The average molecular weight is 633 g/mol. The van der Waals surface area contributed by atoms with Crippen LogP contribution < -0.4 is 16.0 Å². The summed E-state index contributed by atoms with van der Waals surface area (Å²) in [7, 11) is 2.06. The van der Waals surface area contributed by atoms with Crippen LogP contribution in [-0.4, -0.2) is 84.2 Å². The number of amidine groups is 1. The standard InChI is InChI=1S/C27H33F3N4O4.C5H10N2/c1-4-10-17(5-2)13-22(34-23(35)6-3)26(38)32-16-24(36)33-21(25(37)27(28,29)30)14-18-15-31-20-12-9-7-8-11-19(18)20;1-5-6-3-4-7(5)2/h4-5,7-10,12,15,21-22,31H,6,11,13-14,16H2,1-3H3,(H,32,38)(H,33,36)(H,34,35);3-4H2,1-2H3/b10-4-,17-5+;. The van der Waals surface area contributed by atoms with Crippen LogP contribution in [0.25, 0.3) is 6.08 Å². The molecule has 1 aliphatic carbocycles. The summed E-state index contributed by atoms with van der Waals surface area (Å²) >= 11 is 0. The van der Waals surface area contributed by atoms with Gasteiger partial charge in [0.15, 0.2) is 0 Å². The molecule has 2 atom stereocenters. The highest BCUT2D eigenvalue weighted by Crippen LogP contribution is 2.24. The molecule has 0 saturated carbocycles. The summed E-state index contributed by atoms with van der Waals surface area (Å²) in [5.41, 5.74) is 2.67. The van der Waals surface area contributed by atoms with E-state index in [0.29, 0.717) is 17.7 Å². The number of alkyl halides is 3. The Morgan fingerprint density at radius 3 is 2.38 bits per heavy atom. The minimum Gasteiger partial charge on any atom is -0.362 e. The second-order valence-electron chi connectivity index (χ2n) is 10.5. The number of fused-ring (bicyclic) bond motifs is 1. The molecule has 2 unspecified atom stereocenters. The molecule has 10 nitrogen and oxygen atoms in total. The molecule has 0 bridgehead atoms. The molecule has 0 spiro atoms. The van der Waals surface area contributed by atoms with Crippen LogP contribution in [0.15, 0.2) is 53.2 Å². The molecule has 1 aliphatic heterocycles. The maximum Gasteiger partial charge on any atom is 0.452 e. The number of hydrogen-bond acceptors (Lipinski definition) is 6. The maximum absolute atomic E-state index is 13.3. The van der Waals surface area contributed by atoms with Gasteiger partial charge in [-0.1, -0.05) is 49.0 Å². The van der Waals surface area contributed by atoms with Gasteiger partial charge in [-0.3, -0.25) is 24.2 Å². The highest BCUT2D eigenvalue weighted by Gasteiger charge is 2.44. The number of aliphatic imine (C=N–C) groups is 1. The highest BCUT2D eigenvalue weighted by atomic mass is 19.4. The zero-order chi connectivity index (χ0) is 33.6. The number of rotatable bonds is 12. The largest absolute Gasteiger partial charge is 0.452 e. The Kier molecular flexibility index (Phi) is 14.5. The third-order valence-corrected chi connectivity index (χ3v) is 7.22. The third kappa shape index (κ3) is 11.9. The van der Waals surface area contributed by atoms with Gasteiger partial charge in [0, 0.05) is 44.7 Å². The normalized spacial score (nSPS) is 15.8. The van der Waals surface area contributed by atoms with Crippen molar-refractivity contribution in [3.05, 3.63) is 65.0 Å². The number of aromatic amines is 1. The number of Topliss-reactive ketones (excluding diaryl/α,β-unsaturated/α-hetero) is 1. The number of ketones is 1. The number of hydrogen-bond donors (Lipinski definition) is 4. The number of halogens is 3. The predicted octanol–water partition coefficient (Wildman–Crippen LogP) is 3.57. The average Bonchev–Trinajstić information content (AvgIpc) is 3.47. The molecule has 3 amide bonds. The number of nitrogens with zero attached hydrogens (tertiary/aromatic N) is 2. The second kappa shape index (κ2) is 17.8. The first-order valence-corrected chi connectivity index (χ1v) is 14.8. The quantitative estimate of drug-likeness (QED) is 0.262. The number of nitrogens with one attached hydrogen (secondary N) is 4. The molecular weight excluding hydrogens is 589 g/mol. The zero-order valence-electron chi connectivity index (χ0n) is 26.4. The Labute approximate surface area is 262 Å². The fraction of sp³-hybridized carbons (Fsp3) is 0.469. The maximum atomic E-state index is 13.3. The molecule has 0 saturated heterocycles. The van der Waals surface area contributed by atoms with Crippen molar-refractivity contribution in [1.29, 1.82) is 0 Å². The highest BCUT2D eigenvalue weighted by molar-refractivity contribution is 5.95. The number of allylic oxidation sites excluding steroid dienone is 6. The summed E-state index contributed by atoms with van der Waals surface area (Å²) in [6, 6.07) is -2.88. The molecule has 2 heterocycles. The van der Waals surface area contributed by atoms with Gasteiger partial charge in [0.25, 0.3) is 5.78 Å². The van der Waals surface area contributed by atoms with Gasteiger partial charge >= 0.3 is 6.18 Å². The molecule has 0 aromatic carbocycles. The van der Waals surface area contributed by atoms with Crippen molar-refractivity contribution in [2.75, 3.05) is 26.7 Å². The minimum absolute atomic E-state index is 0.134. The van der Waals surface area contributed by atoms with Crippen molar-refractivity contribution < 1.29 is 32.3 Å². The van der Waals surface area contributed by atoms with Crippen LogP contribution in [-0.2, 0) is 32.0 Å². The molecule has 246 valence electrons. The number of likely N-dealkylation sites (N-methyl/N-ethyl adjacent to an activating group) is 1. The Morgan fingerprint density at radius 2 is 1.82 bits per heavy atom. The fourth-order valence-corrected chi connectivity index (χ4v) is 4.54. The molecule has 45 heavy (non-hydrogen) atoms. The molecule has 1 aromatic rings. The van der Waals surface area contributed by atoms with E-state index in [4.69, 9.17) is 0 Å². The molecule has 0 fully saturated rings. The summed E-state index contributed by atoms with van der Waals surface area (Å²) in [6.45, 7) is 8.64. The number of amides is 3. The first kappa shape index (κ1) is 36.8. The zero-order valence-corrected chi connectivity index (χ0v) is 26.4. The van der Waals surface area contributed by atoms with Crippen LogP contribution in [0.4, 0.5) is 13.2 Å². The van der Waals surface area contributed by atoms with Gasteiger partial charge in [0.05, 0.1) is 18.9 Å². The van der Waals surface area contributed by atoms with Crippen LogP contribution in [0.1, 0.15) is 57.4 Å². The molecule has 1 aromatic heterocycles. The minimum atomic E-state index is -5.17. The van der Waals surface area contributed by atoms with E-state index in [2.05, 4.69) is 37.9 Å². The topological polar surface area (TPSA) is 136 Å². The van der Waals surface area contributed by atoms with E-state index >= 15 is 0 Å². The Morgan fingerprint density at radius 1 is 1.11 bits per heavy atom. The van der Waals surface area contributed by atoms with Crippen molar-refractivity contribution in [1.82, 2.24) is 25.8 Å². The van der Waals surface area contributed by atoms with Crippen molar-refractivity contribution in [3.8, 4) is 0 Å². The van der Waals surface area contributed by atoms with Crippen molar-refractivity contribution in [2.24, 2.45) is 4.99 Å². The lowest BCUT2D eigenvalue weighted by Gasteiger charge is -2.21. The van der Waals surface area contributed by atoms with E-state index in [-0.39, 0.29) is 25.2 Å². The SMILES string of the molecule is C/C=C\C(=C/C)CC(NC(=O)CC)C(=O)NCC(=O)NC(Cc1c[nH]c2c1CC=CC=C2)C(=O)C(F)(F)F.CC1=NCCN1C. The van der Waals surface area contributed by atoms with E-state index in [1.165, 1.54) is 12.0 Å². The smallest absolute Gasteiger partial charge is 0.362 e. The molecular formula is C32H43F3N6O4. The molecule has 4 N–H and O–H groups in total. The van der Waals surface area contributed by atoms with Crippen molar-refractivity contribution >= 4 is 35.4 Å². The van der Waals surface area contributed by atoms with Crippen LogP contribution in [0.2, 0.25) is 0 Å². The van der Waals surface area contributed by atoms with Gasteiger partial charge < -0.3 is 25.8 Å². The van der Waals surface area contributed by atoms with E-state index in [0.717, 1.165) is 24.2 Å². The molecule has 2 aliphatic rings. The second-order valence-corrected chi connectivity index (χ2v) is 10.5. The Balaban J connectivity index is 0.000000883. The van der Waals surface area contributed by atoms with Gasteiger partial charge in [-0.05, 0) is 44.4 Å². The predicted molar refractivity (Wildman–Crippen MR) is 168 cm³/mol. The van der Waals surface area contributed by atoms with Gasteiger partial charge in [-0.15, -0.1) is 0 Å². The lowest BCUT2D eigenvalue weighted by Crippen LogP contribution is -2.52. The summed E-state index contributed by atoms with van der Waals surface area (Å²) in [5.74, 6) is -2.96.